The van der Waals surface area contributed by atoms with Crippen LogP contribution in [0.3, 0.4) is 0 Å². The highest BCUT2D eigenvalue weighted by Gasteiger charge is 2.24. The number of rotatable bonds is 10. The van der Waals surface area contributed by atoms with E-state index in [0.29, 0.717) is 25.2 Å². The average molecular weight is 416 g/mol. The van der Waals surface area contributed by atoms with Gasteiger partial charge in [-0.1, -0.05) is 88.0 Å². The Hall–Kier alpha value is -1.79. The molecule has 0 spiro atoms. The number of nitrogens with zero attached hydrogens (tertiary/aromatic N) is 2. The van der Waals surface area contributed by atoms with E-state index < -0.39 is 0 Å². The van der Waals surface area contributed by atoms with Gasteiger partial charge in [-0.3, -0.25) is 9.36 Å². The number of primary amides is 1. The number of hydrogen-bond donors (Lipinski definition) is 1. The van der Waals surface area contributed by atoms with Gasteiger partial charge in [0.05, 0.1) is 18.1 Å². The number of aromatic nitrogens is 2. The Kier molecular flexibility index (Phi) is 8.19. The number of carbonyl (C=O) groups excluding carboxylic acids is 1. The van der Waals surface area contributed by atoms with Crippen LogP contribution in [-0.4, -0.2) is 21.2 Å². The van der Waals surface area contributed by atoms with Crippen molar-refractivity contribution < 1.29 is 9.53 Å². The summed E-state index contributed by atoms with van der Waals surface area (Å²) in [5, 5.41) is 0.839. The zero-order valence-electron chi connectivity index (χ0n) is 17.6. The van der Waals surface area contributed by atoms with Gasteiger partial charge in [-0.15, -0.1) is 0 Å². The van der Waals surface area contributed by atoms with Crippen molar-refractivity contribution >= 4 is 17.7 Å². The Labute approximate surface area is 178 Å². The fraction of sp³-hybridized carbons (Fsp3) is 0.565. The van der Waals surface area contributed by atoms with Crippen molar-refractivity contribution in [2.75, 3.05) is 5.75 Å². The van der Waals surface area contributed by atoms with E-state index in [0.717, 1.165) is 22.8 Å². The second-order valence-corrected chi connectivity index (χ2v) is 9.18. The minimum atomic E-state index is -0.324. The molecule has 1 amide bonds. The van der Waals surface area contributed by atoms with E-state index in [2.05, 4.69) is 30.5 Å². The Morgan fingerprint density at radius 1 is 1.24 bits per heavy atom. The molecule has 2 aromatic rings. The Morgan fingerprint density at radius 3 is 2.62 bits per heavy atom. The van der Waals surface area contributed by atoms with Gasteiger partial charge in [0.25, 0.3) is 0 Å². The zero-order valence-corrected chi connectivity index (χ0v) is 18.4. The maximum atomic E-state index is 11.4. The summed E-state index contributed by atoms with van der Waals surface area (Å²) in [6.45, 7) is 5.37. The minimum absolute atomic E-state index is 0.232. The van der Waals surface area contributed by atoms with Gasteiger partial charge in [0.15, 0.2) is 5.16 Å². The van der Waals surface area contributed by atoms with Crippen molar-refractivity contribution in [2.24, 2.45) is 11.7 Å². The van der Waals surface area contributed by atoms with E-state index in [4.69, 9.17) is 15.5 Å². The standard InChI is InChI=1S/C23H33N3O2S/c1-17(2)22-20(13-18-9-5-3-6-10-18)26(23(25-22)29-15-21(24)27)16-28-14-19-11-7-4-8-12-19/h4,7-8,11-12,17-18H,3,5-6,9-10,13-16H2,1-2H3,(H2,24,27). The van der Waals surface area contributed by atoms with Crippen LogP contribution >= 0.6 is 11.8 Å². The van der Waals surface area contributed by atoms with Crippen molar-refractivity contribution in [3.05, 3.63) is 47.3 Å². The quantitative estimate of drug-likeness (QED) is 0.561. The number of imidazole rings is 1. The van der Waals surface area contributed by atoms with E-state index in [9.17, 15) is 4.79 Å². The van der Waals surface area contributed by atoms with Crippen molar-refractivity contribution in [1.29, 1.82) is 0 Å². The van der Waals surface area contributed by atoms with Crippen molar-refractivity contribution in [3.8, 4) is 0 Å². The molecular formula is C23H33N3O2S. The molecule has 0 bridgehead atoms. The highest BCUT2D eigenvalue weighted by molar-refractivity contribution is 7.99. The van der Waals surface area contributed by atoms with Gasteiger partial charge in [-0.2, -0.15) is 0 Å². The largest absolute Gasteiger partial charge is 0.369 e. The molecule has 1 fully saturated rings. The lowest BCUT2D eigenvalue weighted by Crippen LogP contribution is -2.17. The summed E-state index contributed by atoms with van der Waals surface area (Å²) < 4.78 is 8.25. The Bertz CT molecular complexity index is 783. The SMILES string of the molecule is CC(C)c1nc(SCC(N)=O)n(COCc2ccccc2)c1CC1CCCCC1. The molecule has 1 heterocycles. The molecule has 0 radical (unpaired) electrons. The zero-order chi connectivity index (χ0) is 20.6. The van der Waals surface area contributed by atoms with Crippen LogP contribution in [0.1, 0.15) is 68.8 Å². The molecule has 1 aromatic heterocycles. The van der Waals surface area contributed by atoms with E-state index >= 15 is 0 Å². The van der Waals surface area contributed by atoms with Gasteiger partial charge in [0.1, 0.15) is 6.73 Å². The molecule has 158 valence electrons. The van der Waals surface area contributed by atoms with E-state index in [1.807, 2.05) is 18.2 Å². The summed E-state index contributed by atoms with van der Waals surface area (Å²) >= 11 is 1.41. The number of hydrogen-bond acceptors (Lipinski definition) is 4. The van der Waals surface area contributed by atoms with Crippen molar-refractivity contribution in [2.45, 2.75) is 76.8 Å². The van der Waals surface area contributed by atoms with Crippen LogP contribution in [-0.2, 0) is 29.3 Å². The Morgan fingerprint density at radius 2 is 1.97 bits per heavy atom. The highest BCUT2D eigenvalue weighted by atomic mass is 32.2. The van der Waals surface area contributed by atoms with Gasteiger partial charge in [0.2, 0.25) is 5.91 Å². The number of benzene rings is 1. The molecule has 1 aromatic carbocycles. The van der Waals surface area contributed by atoms with Crippen LogP contribution in [0.25, 0.3) is 0 Å². The summed E-state index contributed by atoms with van der Waals surface area (Å²) in [6.07, 6.45) is 7.61. The molecule has 1 saturated carbocycles. The minimum Gasteiger partial charge on any atom is -0.369 e. The first kappa shape index (κ1) is 21.9. The smallest absolute Gasteiger partial charge is 0.227 e. The fourth-order valence-electron chi connectivity index (χ4n) is 4.03. The van der Waals surface area contributed by atoms with Gasteiger partial charge < -0.3 is 10.5 Å². The number of ether oxygens (including phenoxy) is 1. The van der Waals surface area contributed by atoms with E-state index in [1.54, 1.807) is 0 Å². The first-order chi connectivity index (χ1) is 14.0. The highest BCUT2D eigenvalue weighted by Crippen LogP contribution is 2.32. The maximum absolute atomic E-state index is 11.4. The number of carbonyl (C=O) groups is 1. The summed E-state index contributed by atoms with van der Waals surface area (Å²) in [5.41, 5.74) is 8.94. The van der Waals surface area contributed by atoms with Crippen LogP contribution in [0.15, 0.2) is 35.5 Å². The molecule has 1 aliphatic rings. The van der Waals surface area contributed by atoms with Crippen LogP contribution in [0.5, 0.6) is 0 Å². The van der Waals surface area contributed by atoms with Gasteiger partial charge in [-0.25, -0.2) is 4.98 Å². The third-order valence-corrected chi connectivity index (χ3v) is 6.50. The summed E-state index contributed by atoms with van der Waals surface area (Å²) in [7, 11) is 0. The molecule has 5 nitrogen and oxygen atoms in total. The first-order valence-electron chi connectivity index (χ1n) is 10.7. The molecular weight excluding hydrogens is 382 g/mol. The second-order valence-electron chi connectivity index (χ2n) is 8.24. The van der Waals surface area contributed by atoms with Gasteiger partial charge >= 0.3 is 0 Å². The topological polar surface area (TPSA) is 70.1 Å². The second kappa shape index (κ2) is 10.8. The predicted octanol–water partition coefficient (Wildman–Crippen LogP) is 4.88. The number of nitrogens with two attached hydrogens (primary N) is 1. The summed E-state index contributed by atoms with van der Waals surface area (Å²) in [6, 6.07) is 10.2. The summed E-state index contributed by atoms with van der Waals surface area (Å²) in [5.74, 6) is 0.946. The molecule has 0 unspecified atom stereocenters. The molecule has 1 aliphatic carbocycles. The lowest BCUT2D eigenvalue weighted by molar-refractivity contribution is -0.115. The predicted molar refractivity (Wildman–Crippen MR) is 118 cm³/mol. The third kappa shape index (κ3) is 6.34. The summed E-state index contributed by atoms with van der Waals surface area (Å²) in [4.78, 5) is 16.3. The number of thioether (sulfide) groups is 1. The average Bonchev–Trinajstić information content (AvgIpc) is 3.06. The van der Waals surface area contributed by atoms with Crippen LogP contribution < -0.4 is 5.73 Å². The van der Waals surface area contributed by atoms with Crippen LogP contribution in [0.4, 0.5) is 0 Å². The van der Waals surface area contributed by atoms with Crippen LogP contribution in [0, 0.1) is 5.92 Å². The third-order valence-electron chi connectivity index (χ3n) is 5.50. The van der Waals surface area contributed by atoms with Gasteiger partial charge in [0, 0.05) is 5.69 Å². The maximum Gasteiger partial charge on any atom is 0.227 e. The molecule has 3 rings (SSSR count). The molecule has 6 heteroatoms. The number of amides is 1. The van der Waals surface area contributed by atoms with E-state index in [-0.39, 0.29) is 11.7 Å². The first-order valence-corrected chi connectivity index (χ1v) is 11.6. The molecule has 0 aliphatic heterocycles. The monoisotopic (exact) mass is 415 g/mol. The molecule has 0 atom stereocenters. The van der Waals surface area contributed by atoms with Crippen LogP contribution in [0.2, 0.25) is 0 Å². The lowest BCUT2D eigenvalue weighted by atomic mass is 9.85. The van der Waals surface area contributed by atoms with E-state index in [1.165, 1.54) is 49.6 Å². The lowest BCUT2D eigenvalue weighted by Gasteiger charge is -2.23. The molecule has 2 N–H and O–H groups in total. The molecule has 0 saturated heterocycles. The molecule has 29 heavy (non-hydrogen) atoms. The van der Waals surface area contributed by atoms with Crippen molar-refractivity contribution in [3.63, 3.8) is 0 Å². The fourth-order valence-corrected chi connectivity index (χ4v) is 4.78. The van der Waals surface area contributed by atoms with Crippen molar-refractivity contribution in [1.82, 2.24) is 9.55 Å². The normalized spacial score (nSPS) is 15.1. The van der Waals surface area contributed by atoms with Gasteiger partial charge in [-0.05, 0) is 23.8 Å². The Balaban J connectivity index is 1.81.